The largest absolute Gasteiger partial charge is 0.476 e. The number of aromatic nitrogens is 1. The number of methoxy groups -OCH3 is 1. The Labute approximate surface area is 214 Å². The van der Waals surface area contributed by atoms with Crippen LogP contribution in [0.5, 0.6) is 0 Å². The van der Waals surface area contributed by atoms with Crippen LogP contribution in [-0.4, -0.2) is 41.6 Å². The first-order valence-electron chi connectivity index (χ1n) is 11.4. The molecule has 0 radical (unpaired) electrons. The molecule has 0 fully saturated rings. The Balaban J connectivity index is 1.78. The molecule has 0 amide bonds. The molecule has 36 heavy (non-hydrogen) atoms. The van der Waals surface area contributed by atoms with Crippen LogP contribution in [0.25, 0.3) is 0 Å². The monoisotopic (exact) mass is 501 g/mol. The number of ether oxygens (including phenoxy) is 1. The molecular weight excluding hydrogens is 474 g/mol. The van der Waals surface area contributed by atoms with E-state index >= 15 is 0 Å². The van der Waals surface area contributed by atoms with Crippen molar-refractivity contribution in [2.75, 3.05) is 19.0 Å². The molecule has 0 saturated heterocycles. The summed E-state index contributed by atoms with van der Waals surface area (Å²) in [6, 6.07) is 30.3. The van der Waals surface area contributed by atoms with Gasteiger partial charge in [0.15, 0.2) is 5.13 Å². The van der Waals surface area contributed by atoms with Gasteiger partial charge in [-0.2, -0.15) is 0 Å². The van der Waals surface area contributed by atoms with E-state index in [0.717, 1.165) is 16.7 Å². The summed E-state index contributed by atoms with van der Waals surface area (Å²) in [4.78, 5) is 21.7. The van der Waals surface area contributed by atoms with Gasteiger partial charge in [0, 0.05) is 12.5 Å². The van der Waals surface area contributed by atoms with Gasteiger partial charge in [0.1, 0.15) is 17.8 Å². The van der Waals surface area contributed by atoms with Crippen molar-refractivity contribution in [1.29, 1.82) is 0 Å². The van der Waals surface area contributed by atoms with Crippen LogP contribution < -0.4 is 5.32 Å². The Morgan fingerprint density at radius 2 is 1.47 bits per heavy atom. The van der Waals surface area contributed by atoms with Gasteiger partial charge in [-0.15, -0.1) is 11.3 Å². The average Bonchev–Trinajstić information content (AvgIpc) is 3.38. The summed E-state index contributed by atoms with van der Waals surface area (Å²) < 4.78 is 5.12. The molecule has 1 atom stereocenters. The molecule has 3 aromatic carbocycles. The minimum Gasteiger partial charge on any atom is -0.476 e. The smallest absolute Gasteiger partial charge is 0.360 e. The lowest BCUT2D eigenvalue weighted by molar-refractivity contribution is -0.129. The molecule has 0 bridgehead atoms. The average molecular weight is 502 g/mol. The summed E-state index contributed by atoms with van der Waals surface area (Å²) in [6.45, 7) is 1.93. The summed E-state index contributed by atoms with van der Waals surface area (Å²) in [5.41, 5.74) is 2.22. The summed E-state index contributed by atoms with van der Waals surface area (Å²) in [5, 5.41) is 19.4. The molecular formula is C28H27N3O4S. The van der Waals surface area contributed by atoms with Crippen LogP contribution >= 0.6 is 11.3 Å². The van der Waals surface area contributed by atoms with Crippen molar-refractivity contribution in [1.82, 2.24) is 4.98 Å². The third-order valence-electron chi connectivity index (χ3n) is 5.73. The minimum atomic E-state index is -1.22. The molecule has 4 rings (SSSR count). The van der Waals surface area contributed by atoms with Gasteiger partial charge < -0.3 is 20.0 Å². The van der Waals surface area contributed by atoms with E-state index in [9.17, 15) is 9.90 Å². The van der Waals surface area contributed by atoms with Crippen molar-refractivity contribution in [3.63, 3.8) is 0 Å². The second-order valence-electron chi connectivity index (χ2n) is 8.10. The summed E-state index contributed by atoms with van der Waals surface area (Å²) in [7, 11) is 1.55. The Hall–Kier alpha value is -4.01. The number of nitrogens with one attached hydrogen (secondary N) is 1. The number of hydrogen-bond acceptors (Lipinski definition) is 7. The van der Waals surface area contributed by atoms with E-state index in [2.05, 4.69) is 51.9 Å². The highest BCUT2D eigenvalue weighted by Gasteiger charge is 2.37. The standard InChI is InChI=1S/C28H27N3O4S/c1-20(34-2)18-35-31-25(26(32)33)24-19-36-27(29-24)30-28(21-12-6-3-7-13-21,22-14-8-4-9-15-22)23-16-10-5-11-17-23/h3-17,19-20H,18H2,1-2H3,(H,29,30)(H,32,33). The first-order chi connectivity index (χ1) is 17.5. The predicted octanol–water partition coefficient (Wildman–Crippen LogP) is 5.39. The van der Waals surface area contributed by atoms with Gasteiger partial charge in [-0.25, -0.2) is 9.78 Å². The number of nitrogens with zero attached hydrogens (tertiary/aromatic N) is 2. The maximum atomic E-state index is 11.9. The lowest BCUT2D eigenvalue weighted by atomic mass is 9.77. The third kappa shape index (κ3) is 5.45. The molecule has 184 valence electrons. The normalized spacial score (nSPS) is 12.7. The zero-order chi connectivity index (χ0) is 25.4. The van der Waals surface area contributed by atoms with Crippen molar-refractivity contribution >= 4 is 28.1 Å². The van der Waals surface area contributed by atoms with Crippen LogP contribution in [0.3, 0.4) is 0 Å². The van der Waals surface area contributed by atoms with E-state index in [4.69, 9.17) is 9.57 Å². The van der Waals surface area contributed by atoms with Gasteiger partial charge in [-0.3, -0.25) is 0 Å². The number of aliphatic carboxylic acids is 1. The number of oxime groups is 1. The predicted molar refractivity (Wildman–Crippen MR) is 142 cm³/mol. The van der Waals surface area contributed by atoms with Crippen LogP contribution in [0.2, 0.25) is 0 Å². The van der Waals surface area contributed by atoms with Crippen molar-refractivity contribution in [2.24, 2.45) is 5.16 Å². The van der Waals surface area contributed by atoms with Crippen LogP contribution in [0.15, 0.2) is 102 Å². The zero-order valence-electron chi connectivity index (χ0n) is 20.0. The first kappa shape index (κ1) is 25.1. The number of hydrogen-bond donors (Lipinski definition) is 2. The van der Waals surface area contributed by atoms with Gasteiger partial charge in [0.05, 0.1) is 6.10 Å². The van der Waals surface area contributed by atoms with E-state index < -0.39 is 11.5 Å². The fourth-order valence-corrected chi connectivity index (χ4v) is 4.60. The number of carboxylic acid groups (broad SMARTS) is 1. The van der Waals surface area contributed by atoms with Crippen molar-refractivity contribution in [3.8, 4) is 0 Å². The SMILES string of the molecule is COC(C)CON=C(C(=O)O)c1csc(NC(c2ccccc2)(c2ccccc2)c2ccccc2)n1. The number of benzene rings is 3. The van der Waals surface area contributed by atoms with E-state index in [-0.39, 0.29) is 24.1 Å². The quantitative estimate of drug-likeness (QED) is 0.163. The molecule has 0 spiro atoms. The maximum absolute atomic E-state index is 11.9. The molecule has 0 saturated carbocycles. The summed E-state index contributed by atoms with van der Waals surface area (Å²) >= 11 is 1.30. The second-order valence-corrected chi connectivity index (χ2v) is 8.96. The van der Waals surface area contributed by atoms with Gasteiger partial charge in [0.2, 0.25) is 5.71 Å². The van der Waals surface area contributed by atoms with E-state index in [1.807, 2.05) is 54.6 Å². The summed E-state index contributed by atoms with van der Waals surface area (Å²) in [6.07, 6.45) is -0.223. The topological polar surface area (TPSA) is 93.0 Å². The maximum Gasteiger partial charge on any atom is 0.360 e. The number of carboxylic acids is 1. The number of carbonyl (C=O) groups is 1. The molecule has 8 heteroatoms. The molecule has 0 aliphatic carbocycles. The zero-order valence-corrected chi connectivity index (χ0v) is 20.8. The second kappa shape index (κ2) is 11.6. The van der Waals surface area contributed by atoms with E-state index in [1.54, 1.807) is 19.4 Å². The highest BCUT2D eigenvalue weighted by molar-refractivity contribution is 7.14. The molecule has 1 aromatic heterocycles. The highest BCUT2D eigenvalue weighted by atomic mass is 32.1. The molecule has 0 aliphatic heterocycles. The van der Waals surface area contributed by atoms with Crippen molar-refractivity contribution < 1.29 is 19.5 Å². The van der Waals surface area contributed by atoms with Crippen LogP contribution in [0.1, 0.15) is 29.3 Å². The van der Waals surface area contributed by atoms with E-state index in [0.29, 0.717) is 5.13 Å². The lowest BCUT2D eigenvalue weighted by Crippen LogP contribution is -2.38. The van der Waals surface area contributed by atoms with Gasteiger partial charge in [-0.1, -0.05) is 96.2 Å². The molecule has 7 nitrogen and oxygen atoms in total. The fraction of sp³-hybridized carbons (Fsp3) is 0.179. The van der Waals surface area contributed by atoms with Crippen LogP contribution in [0.4, 0.5) is 5.13 Å². The Kier molecular flexibility index (Phi) is 8.10. The third-order valence-corrected chi connectivity index (χ3v) is 6.49. The molecule has 1 heterocycles. The number of rotatable bonds is 11. The molecule has 0 aliphatic rings. The van der Waals surface area contributed by atoms with Crippen LogP contribution in [-0.2, 0) is 19.9 Å². The lowest BCUT2D eigenvalue weighted by Gasteiger charge is -2.36. The van der Waals surface area contributed by atoms with Gasteiger partial charge in [-0.05, 0) is 23.6 Å². The van der Waals surface area contributed by atoms with Crippen molar-refractivity contribution in [3.05, 3.63) is 119 Å². The Morgan fingerprint density at radius 1 is 0.972 bits per heavy atom. The van der Waals surface area contributed by atoms with Gasteiger partial charge >= 0.3 is 5.97 Å². The first-order valence-corrected chi connectivity index (χ1v) is 12.3. The molecule has 2 N–H and O–H groups in total. The van der Waals surface area contributed by atoms with E-state index in [1.165, 1.54) is 11.3 Å². The highest BCUT2D eigenvalue weighted by Crippen LogP contribution is 2.40. The number of thiazole rings is 1. The number of anilines is 1. The van der Waals surface area contributed by atoms with Crippen LogP contribution in [0, 0.1) is 0 Å². The van der Waals surface area contributed by atoms with Crippen molar-refractivity contribution in [2.45, 2.75) is 18.6 Å². The minimum absolute atomic E-state index is 0.127. The Morgan fingerprint density at radius 3 is 1.92 bits per heavy atom. The molecule has 1 unspecified atom stereocenters. The van der Waals surface area contributed by atoms with Gasteiger partial charge in [0.25, 0.3) is 0 Å². The summed E-state index contributed by atoms with van der Waals surface area (Å²) in [5.74, 6) is -1.22. The Bertz CT molecular complexity index is 1200. The molecule has 4 aromatic rings. The fourth-order valence-electron chi connectivity index (χ4n) is 3.85.